The van der Waals surface area contributed by atoms with Gasteiger partial charge in [0, 0.05) is 22.1 Å². The minimum atomic E-state index is -0.838. The number of imidazole rings is 1. The van der Waals surface area contributed by atoms with Gasteiger partial charge in [-0.05, 0) is 37.1 Å². The van der Waals surface area contributed by atoms with E-state index in [1.807, 2.05) is 29.8 Å². The van der Waals surface area contributed by atoms with E-state index in [1.54, 1.807) is 0 Å². The molecule has 0 aliphatic carbocycles. The Balaban J connectivity index is 2.44. The molecule has 1 N–H and O–H groups in total. The quantitative estimate of drug-likeness (QED) is 0.832. The van der Waals surface area contributed by atoms with Gasteiger partial charge in [0.05, 0.1) is 5.75 Å². The van der Waals surface area contributed by atoms with Crippen LogP contribution in [0.15, 0.2) is 34.0 Å². The summed E-state index contributed by atoms with van der Waals surface area (Å²) in [7, 11) is 0. The third kappa shape index (κ3) is 3.24. The lowest BCUT2D eigenvalue weighted by molar-refractivity contribution is -0.133. The van der Waals surface area contributed by atoms with E-state index in [0.29, 0.717) is 5.16 Å². The molecule has 0 radical (unpaired) electrons. The highest BCUT2D eigenvalue weighted by Gasteiger charge is 2.13. The lowest BCUT2D eigenvalue weighted by Crippen LogP contribution is -2.04. The van der Waals surface area contributed by atoms with Crippen molar-refractivity contribution in [2.75, 3.05) is 5.75 Å². The summed E-state index contributed by atoms with van der Waals surface area (Å²) < 4.78 is 3.08. The fourth-order valence-electron chi connectivity index (χ4n) is 1.89. The van der Waals surface area contributed by atoms with E-state index in [9.17, 15) is 4.79 Å². The molecule has 0 bridgehead atoms. The number of rotatable bonds is 5. The van der Waals surface area contributed by atoms with Gasteiger partial charge in [0.25, 0.3) is 0 Å². The number of benzene rings is 1. The van der Waals surface area contributed by atoms with Crippen molar-refractivity contribution in [2.24, 2.45) is 0 Å². The minimum absolute atomic E-state index is 0.00960. The molecule has 0 amide bonds. The molecule has 0 fully saturated rings. The highest BCUT2D eigenvalue weighted by atomic mass is 79.9. The highest BCUT2D eigenvalue weighted by Crippen LogP contribution is 2.26. The van der Waals surface area contributed by atoms with Gasteiger partial charge in [-0.25, -0.2) is 4.98 Å². The van der Waals surface area contributed by atoms with E-state index >= 15 is 0 Å². The molecule has 2 aromatic rings. The van der Waals surface area contributed by atoms with Crippen LogP contribution in [-0.2, 0) is 11.2 Å². The van der Waals surface area contributed by atoms with Crippen LogP contribution in [0.25, 0.3) is 5.69 Å². The lowest BCUT2D eigenvalue weighted by Gasteiger charge is -2.12. The zero-order valence-electron chi connectivity index (χ0n) is 11.3. The molecule has 0 aliphatic heterocycles. The van der Waals surface area contributed by atoms with Crippen molar-refractivity contribution in [2.45, 2.75) is 25.4 Å². The van der Waals surface area contributed by atoms with Crippen molar-refractivity contribution in [3.05, 3.63) is 40.1 Å². The van der Waals surface area contributed by atoms with Crippen LogP contribution in [0.2, 0.25) is 0 Å². The minimum Gasteiger partial charge on any atom is -0.481 e. The second kappa shape index (κ2) is 6.45. The Morgan fingerprint density at radius 2 is 2.25 bits per heavy atom. The second-order valence-corrected chi connectivity index (χ2v) is 6.13. The number of carbonyl (C=O) groups is 1. The van der Waals surface area contributed by atoms with Crippen molar-refractivity contribution >= 4 is 33.7 Å². The topological polar surface area (TPSA) is 55.1 Å². The fraction of sp³-hybridized carbons (Fsp3) is 0.286. The van der Waals surface area contributed by atoms with E-state index in [0.717, 1.165) is 27.8 Å². The summed E-state index contributed by atoms with van der Waals surface area (Å²) in [6, 6.07) is 6.06. The molecule has 4 nitrogen and oxygen atoms in total. The van der Waals surface area contributed by atoms with Gasteiger partial charge >= 0.3 is 5.97 Å². The number of carboxylic acid groups (broad SMARTS) is 1. The predicted molar refractivity (Wildman–Crippen MR) is 83.7 cm³/mol. The van der Waals surface area contributed by atoms with Crippen molar-refractivity contribution in [1.82, 2.24) is 9.55 Å². The van der Waals surface area contributed by atoms with Gasteiger partial charge in [-0.1, -0.05) is 34.6 Å². The number of aliphatic carboxylic acids is 1. The van der Waals surface area contributed by atoms with Crippen molar-refractivity contribution < 1.29 is 9.90 Å². The molecule has 1 aromatic heterocycles. The lowest BCUT2D eigenvalue weighted by atomic mass is 10.2. The van der Waals surface area contributed by atoms with E-state index in [4.69, 9.17) is 5.11 Å². The number of nitrogens with zero attached hydrogens (tertiary/aromatic N) is 2. The van der Waals surface area contributed by atoms with Crippen LogP contribution in [0.4, 0.5) is 0 Å². The van der Waals surface area contributed by atoms with Crippen LogP contribution in [0.3, 0.4) is 0 Å². The molecule has 0 saturated heterocycles. The zero-order chi connectivity index (χ0) is 14.7. The second-order valence-electron chi connectivity index (χ2n) is 4.34. The van der Waals surface area contributed by atoms with Crippen LogP contribution in [0, 0.1) is 6.92 Å². The first kappa shape index (κ1) is 15.1. The Bertz CT molecular complexity index is 640. The Hall–Kier alpha value is -1.27. The average molecular weight is 355 g/mol. The largest absolute Gasteiger partial charge is 0.481 e. The van der Waals surface area contributed by atoms with Crippen LogP contribution < -0.4 is 0 Å². The molecule has 1 aromatic carbocycles. The molecule has 0 aliphatic rings. The summed E-state index contributed by atoms with van der Waals surface area (Å²) in [6.07, 6.45) is 2.65. The van der Waals surface area contributed by atoms with E-state index < -0.39 is 5.97 Å². The first-order chi connectivity index (χ1) is 9.52. The summed E-state index contributed by atoms with van der Waals surface area (Å²) in [5, 5.41) is 9.53. The number of halogens is 1. The predicted octanol–water partition coefficient (Wildman–Crippen LogP) is 3.68. The number of hydrogen-bond donors (Lipinski definition) is 1. The molecule has 2 rings (SSSR count). The van der Waals surface area contributed by atoms with E-state index in [1.165, 1.54) is 11.8 Å². The molecule has 0 spiro atoms. The smallest absolute Gasteiger partial charge is 0.313 e. The number of aromatic nitrogens is 2. The first-order valence-corrected chi connectivity index (χ1v) is 7.98. The van der Waals surface area contributed by atoms with Crippen LogP contribution in [0.5, 0.6) is 0 Å². The molecule has 0 unspecified atom stereocenters. The van der Waals surface area contributed by atoms with Crippen LogP contribution in [0.1, 0.15) is 18.2 Å². The fourth-order valence-corrected chi connectivity index (χ4v) is 2.87. The van der Waals surface area contributed by atoms with Crippen molar-refractivity contribution in [3.8, 4) is 5.69 Å². The van der Waals surface area contributed by atoms with Gasteiger partial charge in [0.15, 0.2) is 5.16 Å². The summed E-state index contributed by atoms with van der Waals surface area (Å²) in [4.78, 5) is 15.1. The summed E-state index contributed by atoms with van der Waals surface area (Å²) in [5.74, 6) is -0.829. The SMILES string of the molecule is CCc1cnc(SCC(=O)O)n1-c1ccc(Br)c(C)c1. The Kier molecular flexibility index (Phi) is 4.88. The third-order valence-electron chi connectivity index (χ3n) is 2.89. The number of carboxylic acids is 1. The van der Waals surface area contributed by atoms with Crippen LogP contribution in [-0.4, -0.2) is 26.4 Å². The highest BCUT2D eigenvalue weighted by molar-refractivity contribution is 9.10. The average Bonchev–Trinajstić information content (AvgIpc) is 2.82. The molecular formula is C14H15BrN2O2S. The van der Waals surface area contributed by atoms with Gasteiger partial charge in [-0.3, -0.25) is 9.36 Å². The molecule has 20 heavy (non-hydrogen) atoms. The molecule has 0 atom stereocenters. The zero-order valence-corrected chi connectivity index (χ0v) is 13.7. The molecule has 6 heteroatoms. The Morgan fingerprint density at radius 1 is 1.50 bits per heavy atom. The summed E-state index contributed by atoms with van der Waals surface area (Å²) >= 11 is 4.73. The number of thioether (sulfide) groups is 1. The normalized spacial score (nSPS) is 10.8. The van der Waals surface area contributed by atoms with E-state index in [-0.39, 0.29) is 5.75 Å². The van der Waals surface area contributed by atoms with Gasteiger partial charge < -0.3 is 5.11 Å². The number of hydrogen-bond acceptors (Lipinski definition) is 3. The van der Waals surface area contributed by atoms with Crippen molar-refractivity contribution in [1.29, 1.82) is 0 Å². The number of aryl methyl sites for hydroxylation is 2. The molecule has 1 heterocycles. The maximum absolute atomic E-state index is 10.7. The maximum Gasteiger partial charge on any atom is 0.313 e. The first-order valence-electron chi connectivity index (χ1n) is 6.20. The van der Waals surface area contributed by atoms with Gasteiger partial charge in [-0.15, -0.1) is 0 Å². The summed E-state index contributed by atoms with van der Waals surface area (Å²) in [6.45, 7) is 4.09. The van der Waals surface area contributed by atoms with Gasteiger partial charge in [0.1, 0.15) is 0 Å². The maximum atomic E-state index is 10.7. The van der Waals surface area contributed by atoms with Crippen molar-refractivity contribution in [3.63, 3.8) is 0 Å². The molecule has 0 saturated carbocycles. The standard InChI is InChI=1S/C14H15BrN2O2S/c1-3-10-7-16-14(20-8-13(18)19)17(10)11-4-5-12(15)9(2)6-11/h4-7H,3,8H2,1-2H3,(H,18,19). The Labute approximate surface area is 130 Å². The van der Waals surface area contributed by atoms with Gasteiger partial charge in [-0.2, -0.15) is 0 Å². The van der Waals surface area contributed by atoms with E-state index in [2.05, 4.69) is 33.9 Å². The molecular weight excluding hydrogens is 340 g/mol. The Morgan fingerprint density at radius 3 is 2.85 bits per heavy atom. The van der Waals surface area contributed by atoms with Crippen LogP contribution >= 0.6 is 27.7 Å². The monoisotopic (exact) mass is 354 g/mol. The molecule has 106 valence electrons. The third-order valence-corrected chi connectivity index (χ3v) is 4.72. The van der Waals surface area contributed by atoms with Gasteiger partial charge in [0.2, 0.25) is 0 Å². The summed E-state index contributed by atoms with van der Waals surface area (Å²) in [5.41, 5.74) is 3.21.